The monoisotopic (exact) mass is 308 g/mol. The molecule has 94 valence electrons. The summed E-state index contributed by atoms with van der Waals surface area (Å²) in [6, 6.07) is 12.6. The van der Waals surface area contributed by atoms with Crippen LogP contribution in [0.3, 0.4) is 0 Å². The van der Waals surface area contributed by atoms with E-state index in [2.05, 4.69) is 15.9 Å². The first kappa shape index (κ1) is 13.1. The fourth-order valence-electron chi connectivity index (χ4n) is 1.92. The van der Waals surface area contributed by atoms with Crippen molar-refractivity contribution >= 4 is 15.9 Å². The fraction of sp³-hybridized carbons (Fsp3) is 0.200. The van der Waals surface area contributed by atoms with E-state index < -0.39 is 0 Å². The molecule has 1 atom stereocenters. The van der Waals surface area contributed by atoms with Crippen LogP contribution in [0.15, 0.2) is 42.5 Å². The molecule has 0 N–H and O–H groups in total. The second-order valence-electron chi connectivity index (χ2n) is 4.11. The lowest BCUT2D eigenvalue weighted by Gasteiger charge is -2.13. The maximum Gasteiger partial charge on any atom is 0.127 e. The molecule has 2 rings (SSSR count). The van der Waals surface area contributed by atoms with Gasteiger partial charge in [-0.25, -0.2) is 4.39 Å². The largest absolute Gasteiger partial charge is 0.496 e. The summed E-state index contributed by atoms with van der Waals surface area (Å²) in [4.78, 5) is -0.150. The first-order valence-electron chi connectivity index (χ1n) is 5.66. The van der Waals surface area contributed by atoms with E-state index in [1.54, 1.807) is 19.2 Å². The molecule has 0 bridgehead atoms. The molecule has 0 aliphatic carbocycles. The van der Waals surface area contributed by atoms with Crippen LogP contribution in [0.5, 0.6) is 5.75 Å². The Balaban J connectivity index is 2.37. The molecule has 0 saturated heterocycles. The number of aryl methyl sites for hydroxylation is 1. The number of alkyl halides is 1. The highest BCUT2D eigenvalue weighted by Gasteiger charge is 2.15. The summed E-state index contributed by atoms with van der Waals surface area (Å²) in [5.41, 5.74) is 2.69. The summed E-state index contributed by atoms with van der Waals surface area (Å²) in [7, 11) is 1.64. The minimum Gasteiger partial charge on any atom is -0.496 e. The van der Waals surface area contributed by atoms with Gasteiger partial charge in [0.05, 0.1) is 11.9 Å². The molecule has 3 heteroatoms. The van der Waals surface area contributed by atoms with Gasteiger partial charge in [0, 0.05) is 5.56 Å². The Morgan fingerprint density at radius 2 is 1.89 bits per heavy atom. The molecule has 0 heterocycles. The van der Waals surface area contributed by atoms with Gasteiger partial charge in [0.15, 0.2) is 0 Å². The van der Waals surface area contributed by atoms with Crippen molar-refractivity contribution in [2.45, 2.75) is 11.8 Å². The Kier molecular flexibility index (Phi) is 4.02. The van der Waals surface area contributed by atoms with Gasteiger partial charge in [-0.3, -0.25) is 0 Å². The highest BCUT2D eigenvalue weighted by Crippen LogP contribution is 2.34. The highest BCUT2D eigenvalue weighted by atomic mass is 79.9. The third kappa shape index (κ3) is 2.56. The van der Waals surface area contributed by atoms with Crippen LogP contribution in [0, 0.1) is 12.7 Å². The van der Waals surface area contributed by atoms with Crippen molar-refractivity contribution in [3.63, 3.8) is 0 Å². The lowest BCUT2D eigenvalue weighted by molar-refractivity contribution is 0.411. The molecule has 0 spiro atoms. The minimum absolute atomic E-state index is 0.150. The molecule has 0 aromatic heterocycles. The maximum atomic E-state index is 13.7. The van der Waals surface area contributed by atoms with Crippen molar-refractivity contribution in [1.82, 2.24) is 0 Å². The zero-order chi connectivity index (χ0) is 13.1. The van der Waals surface area contributed by atoms with Gasteiger partial charge in [-0.1, -0.05) is 46.3 Å². The van der Waals surface area contributed by atoms with Crippen LogP contribution in [0.2, 0.25) is 0 Å². The predicted molar refractivity (Wildman–Crippen MR) is 74.9 cm³/mol. The maximum absolute atomic E-state index is 13.7. The molecule has 0 aliphatic rings. The summed E-state index contributed by atoms with van der Waals surface area (Å²) in [6.07, 6.45) is 0. The number of hydrogen-bond donors (Lipinski definition) is 0. The Labute approximate surface area is 115 Å². The quantitative estimate of drug-likeness (QED) is 0.751. The van der Waals surface area contributed by atoms with Crippen molar-refractivity contribution in [1.29, 1.82) is 0 Å². The van der Waals surface area contributed by atoms with Crippen LogP contribution >= 0.6 is 15.9 Å². The molecule has 0 aliphatic heterocycles. The molecule has 18 heavy (non-hydrogen) atoms. The summed E-state index contributed by atoms with van der Waals surface area (Å²) >= 11 is 3.54. The first-order valence-corrected chi connectivity index (χ1v) is 6.58. The van der Waals surface area contributed by atoms with Gasteiger partial charge in [-0.05, 0) is 30.2 Å². The number of rotatable bonds is 3. The fourth-order valence-corrected chi connectivity index (χ4v) is 2.58. The van der Waals surface area contributed by atoms with Crippen molar-refractivity contribution in [3.8, 4) is 5.75 Å². The number of halogens is 2. The zero-order valence-electron chi connectivity index (χ0n) is 10.3. The molecule has 1 unspecified atom stereocenters. The molecule has 2 aromatic rings. The average molecular weight is 309 g/mol. The second-order valence-corrected chi connectivity index (χ2v) is 5.03. The van der Waals surface area contributed by atoms with E-state index in [0.717, 1.165) is 16.9 Å². The van der Waals surface area contributed by atoms with E-state index in [4.69, 9.17) is 4.74 Å². The third-order valence-corrected chi connectivity index (χ3v) is 3.91. The van der Waals surface area contributed by atoms with E-state index in [0.29, 0.717) is 5.56 Å². The number of benzene rings is 2. The lowest BCUT2D eigenvalue weighted by atomic mass is 10.0. The van der Waals surface area contributed by atoms with E-state index in [1.165, 1.54) is 6.07 Å². The van der Waals surface area contributed by atoms with Gasteiger partial charge in [-0.2, -0.15) is 0 Å². The standard InChI is InChI=1S/C15H14BrFO/c1-10-9-11(7-8-14(10)18-2)15(16)12-5-3-4-6-13(12)17/h3-9,15H,1-2H3. The Morgan fingerprint density at radius 1 is 1.17 bits per heavy atom. The normalized spacial score (nSPS) is 12.2. The number of methoxy groups -OCH3 is 1. The van der Waals surface area contributed by atoms with E-state index in [-0.39, 0.29) is 10.6 Å². The number of hydrogen-bond acceptors (Lipinski definition) is 1. The highest BCUT2D eigenvalue weighted by molar-refractivity contribution is 9.09. The molecule has 1 nitrogen and oxygen atoms in total. The molecule has 2 aromatic carbocycles. The molecule has 0 radical (unpaired) electrons. The van der Waals surface area contributed by atoms with Gasteiger partial charge >= 0.3 is 0 Å². The third-order valence-electron chi connectivity index (χ3n) is 2.89. The van der Waals surface area contributed by atoms with Gasteiger partial charge < -0.3 is 4.74 Å². The van der Waals surface area contributed by atoms with E-state index in [1.807, 2.05) is 31.2 Å². The summed E-state index contributed by atoms with van der Waals surface area (Å²) in [6.45, 7) is 1.98. The lowest BCUT2D eigenvalue weighted by Crippen LogP contribution is -1.97. The summed E-state index contributed by atoms with van der Waals surface area (Å²) in [5.74, 6) is 0.639. The smallest absolute Gasteiger partial charge is 0.127 e. The minimum atomic E-state index is -0.201. The van der Waals surface area contributed by atoms with Crippen LogP contribution in [-0.2, 0) is 0 Å². The first-order chi connectivity index (χ1) is 8.63. The van der Waals surface area contributed by atoms with Crippen molar-refractivity contribution in [2.75, 3.05) is 7.11 Å². The molecular weight excluding hydrogens is 295 g/mol. The van der Waals surface area contributed by atoms with Gasteiger partial charge in [0.2, 0.25) is 0 Å². The molecule has 0 fully saturated rings. The van der Waals surface area contributed by atoms with Crippen LogP contribution in [-0.4, -0.2) is 7.11 Å². The Morgan fingerprint density at radius 3 is 2.50 bits per heavy atom. The zero-order valence-corrected chi connectivity index (χ0v) is 11.9. The van der Waals surface area contributed by atoms with Crippen molar-refractivity contribution < 1.29 is 9.13 Å². The topological polar surface area (TPSA) is 9.23 Å². The Hall–Kier alpha value is -1.35. The van der Waals surface area contributed by atoms with Crippen LogP contribution in [0.25, 0.3) is 0 Å². The van der Waals surface area contributed by atoms with Gasteiger partial charge in [-0.15, -0.1) is 0 Å². The molecular formula is C15H14BrFO. The summed E-state index contributed by atoms with van der Waals surface area (Å²) < 4.78 is 18.9. The van der Waals surface area contributed by atoms with E-state index in [9.17, 15) is 4.39 Å². The Bertz CT molecular complexity index is 554. The van der Waals surface area contributed by atoms with Crippen LogP contribution in [0.1, 0.15) is 21.5 Å². The van der Waals surface area contributed by atoms with Crippen molar-refractivity contribution in [2.24, 2.45) is 0 Å². The van der Waals surface area contributed by atoms with E-state index >= 15 is 0 Å². The van der Waals surface area contributed by atoms with Crippen LogP contribution in [0.4, 0.5) is 4.39 Å². The molecule has 0 amide bonds. The number of ether oxygens (including phenoxy) is 1. The summed E-state index contributed by atoms with van der Waals surface area (Å²) in [5, 5.41) is 0. The SMILES string of the molecule is COc1ccc(C(Br)c2ccccc2F)cc1C. The van der Waals surface area contributed by atoms with Crippen molar-refractivity contribution in [3.05, 3.63) is 65.0 Å². The predicted octanol–water partition coefficient (Wildman–Crippen LogP) is 4.63. The molecule has 0 saturated carbocycles. The van der Waals surface area contributed by atoms with Crippen LogP contribution < -0.4 is 4.74 Å². The van der Waals surface area contributed by atoms with Gasteiger partial charge in [0.1, 0.15) is 11.6 Å². The van der Waals surface area contributed by atoms with Gasteiger partial charge in [0.25, 0.3) is 0 Å². The average Bonchev–Trinajstić information content (AvgIpc) is 2.38. The second kappa shape index (κ2) is 5.53.